The first kappa shape index (κ1) is 15.1. The summed E-state index contributed by atoms with van der Waals surface area (Å²) in [5.41, 5.74) is 0.432. The molecular weight excluding hydrogens is 301 g/mol. The van der Waals surface area contributed by atoms with E-state index in [1.54, 1.807) is 17.8 Å². The molecule has 3 nitrogen and oxygen atoms in total. The molecule has 0 atom stereocenters. The van der Waals surface area contributed by atoms with Crippen molar-refractivity contribution < 1.29 is 9.90 Å². The van der Waals surface area contributed by atoms with Gasteiger partial charge in [0.1, 0.15) is 4.34 Å². The van der Waals surface area contributed by atoms with Gasteiger partial charge in [-0.1, -0.05) is 23.2 Å². The van der Waals surface area contributed by atoms with Crippen molar-refractivity contribution in [2.24, 2.45) is 0 Å². The van der Waals surface area contributed by atoms with Gasteiger partial charge in [0.05, 0.1) is 9.90 Å². The number of amides is 1. The fraction of sp³-hybridized carbons (Fsp3) is 0.500. The first-order valence-corrected chi connectivity index (χ1v) is 7.79. The summed E-state index contributed by atoms with van der Waals surface area (Å²) in [7, 11) is 0. The fourth-order valence-electron chi connectivity index (χ4n) is 1.10. The molecule has 2 N–H and O–H groups in total. The minimum absolute atomic E-state index is 0.194. The zero-order valence-electron chi connectivity index (χ0n) is 9.04. The van der Waals surface area contributed by atoms with Crippen LogP contribution in [0.25, 0.3) is 0 Å². The maximum absolute atomic E-state index is 11.7. The second-order valence-corrected chi connectivity index (χ2v) is 6.69. The highest BCUT2D eigenvalue weighted by Crippen LogP contribution is 2.30. The van der Waals surface area contributed by atoms with Crippen molar-refractivity contribution in [3.05, 3.63) is 20.3 Å². The quantitative estimate of drug-likeness (QED) is 0.761. The first-order chi connectivity index (χ1) is 8.15. The third-order valence-electron chi connectivity index (χ3n) is 1.88. The van der Waals surface area contributed by atoms with E-state index < -0.39 is 0 Å². The summed E-state index contributed by atoms with van der Waals surface area (Å²) in [6.07, 6.45) is 0.782. The molecule has 1 heterocycles. The number of aliphatic hydroxyl groups is 1. The molecule has 7 heteroatoms. The molecule has 1 rings (SSSR count). The van der Waals surface area contributed by atoms with Gasteiger partial charge in [-0.05, 0) is 18.2 Å². The predicted octanol–water partition coefficient (Wildman–Crippen LogP) is 2.90. The van der Waals surface area contributed by atoms with Gasteiger partial charge in [0.25, 0.3) is 5.91 Å². The number of hydrogen-bond acceptors (Lipinski definition) is 4. The lowest BCUT2D eigenvalue weighted by atomic mass is 10.3. The standard InChI is InChI=1S/C10H13Cl2NO2S2/c11-8-6-7(9(12)17-8)10(15)13-2-5-16-4-1-3-14/h6,14H,1-5H2,(H,13,15). The monoisotopic (exact) mass is 313 g/mol. The lowest BCUT2D eigenvalue weighted by molar-refractivity contribution is 0.0957. The number of aliphatic hydroxyl groups excluding tert-OH is 1. The van der Waals surface area contributed by atoms with E-state index in [1.807, 2.05) is 0 Å². The molecule has 0 aromatic carbocycles. The van der Waals surface area contributed by atoms with Crippen molar-refractivity contribution in [3.63, 3.8) is 0 Å². The van der Waals surface area contributed by atoms with E-state index in [0.29, 0.717) is 20.8 Å². The molecule has 0 fully saturated rings. The van der Waals surface area contributed by atoms with E-state index in [1.165, 1.54) is 11.3 Å². The molecule has 1 amide bonds. The Morgan fingerprint density at radius 1 is 1.47 bits per heavy atom. The van der Waals surface area contributed by atoms with Crippen LogP contribution in [-0.4, -0.2) is 35.7 Å². The summed E-state index contributed by atoms with van der Waals surface area (Å²) < 4.78 is 0.929. The lowest BCUT2D eigenvalue weighted by Gasteiger charge is -2.03. The van der Waals surface area contributed by atoms with Gasteiger partial charge >= 0.3 is 0 Å². The smallest absolute Gasteiger partial charge is 0.253 e. The Kier molecular flexibility index (Phi) is 7.30. The van der Waals surface area contributed by atoms with E-state index in [-0.39, 0.29) is 12.5 Å². The summed E-state index contributed by atoms with van der Waals surface area (Å²) >= 11 is 14.5. The summed E-state index contributed by atoms with van der Waals surface area (Å²) in [5.74, 6) is 1.53. The predicted molar refractivity (Wildman–Crippen MR) is 75.7 cm³/mol. The van der Waals surface area contributed by atoms with Gasteiger partial charge in [0, 0.05) is 18.9 Å². The Balaban J connectivity index is 2.23. The Bertz CT molecular complexity index is 371. The average molecular weight is 314 g/mol. The SMILES string of the molecule is O=C(NCCSCCCO)c1cc(Cl)sc1Cl. The highest BCUT2D eigenvalue weighted by Gasteiger charge is 2.13. The number of rotatable bonds is 7. The van der Waals surface area contributed by atoms with E-state index >= 15 is 0 Å². The summed E-state index contributed by atoms with van der Waals surface area (Å²) in [6, 6.07) is 1.57. The molecule has 0 aliphatic carbocycles. The Morgan fingerprint density at radius 2 is 2.24 bits per heavy atom. The summed E-state index contributed by atoms with van der Waals surface area (Å²) in [4.78, 5) is 11.7. The zero-order valence-corrected chi connectivity index (χ0v) is 12.2. The van der Waals surface area contributed by atoms with Gasteiger partial charge in [-0.15, -0.1) is 11.3 Å². The molecule has 0 unspecified atom stereocenters. The first-order valence-electron chi connectivity index (χ1n) is 5.06. The summed E-state index contributed by atoms with van der Waals surface area (Å²) in [6.45, 7) is 0.793. The van der Waals surface area contributed by atoms with Gasteiger partial charge in [-0.3, -0.25) is 4.79 Å². The molecule has 1 aromatic rings. The number of nitrogens with one attached hydrogen (secondary N) is 1. The molecule has 0 aliphatic rings. The maximum Gasteiger partial charge on any atom is 0.253 e. The van der Waals surface area contributed by atoms with Gasteiger partial charge < -0.3 is 10.4 Å². The van der Waals surface area contributed by atoms with Crippen LogP contribution in [0.3, 0.4) is 0 Å². The number of thioether (sulfide) groups is 1. The van der Waals surface area contributed by atoms with Crippen LogP contribution in [0.5, 0.6) is 0 Å². The van der Waals surface area contributed by atoms with E-state index in [2.05, 4.69) is 5.32 Å². The highest BCUT2D eigenvalue weighted by molar-refractivity contribution is 7.99. The van der Waals surface area contributed by atoms with Crippen LogP contribution in [-0.2, 0) is 0 Å². The minimum atomic E-state index is -0.194. The van der Waals surface area contributed by atoms with Crippen LogP contribution >= 0.6 is 46.3 Å². The van der Waals surface area contributed by atoms with Crippen molar-refractivity contribution in [2.75, 3.05) is 24.7 Å². The number of hydrogen-bond donors (Lipinski definition) is 2. The van der Waals surface area contributed by atoms with E-state index in [0.717, 1.165) is 17.9 Å². The second-order valence-electron chi connectivity index (χ2n) is 3.18. The van der Waals surface area contributed by atoms with Crippen molar-refractivity contribution in [1.29, 1.82) is 0 Å². The average Bonchev–Trinajstić information content (AvgIpc) is 2.62. The normalized spacial score (nSPS) is 10.5. The molecule has 0 aliphatic heterocycles. The van der Waals surface area contributed by atoms with Crippen LogP contribution in [0.4, 0.5) is 0 Å². The van der Waals surface area contributed by atoms with Crippen molar-refractivity contribution >= 4 is 52.2 Å². The third-order valence-corrected chi connectivity index (χ3v) is 4.44. The van der Waals surface area contributed by atoms with E-state index in [4.69, 9.17) is 28.3 Å². The molecule has 0 spiro atoms. The topological polar surface area (TPSA) is 49.3 Å². The number of carbonyl (C=O) groups is 1. The highest BCUT2D eigenvalue weighted by atomic mass is 35.5. The Morgan fingerprint density at radius 3 is 2.82 bits per heavy atom. The zero-order chi connectivity index (χ0) is 12.7. The van der Waals surface area contributed by atoms with Gasteiger partial charge in [0.15, 0.2) is 0 Å². The third kappa shape index (κ3) is 5.48. The lowest BCUT2D eigenvalue weighted by Crippen LogP contribution is -2.25. The molecule has 96 valence electrons. The van der Waals surface area contributed by atoms with Crippen molar-refractivity contribution in [1.82, 2.24) is 5.32 Å². The van der Waals surface area contributed by atoms with Gasteiger partial charge in [-0.2, -0.15) is 11.8 Å². The van der Waals surface area contributed by atoms with Crippen molar-refractivity contribution in [2.45, 2.75) is 6.42 Å². The number of halogens is 2. The van der Waals surface area contributed by atoms with Crippen LogP contribution in [0, 0.1) is 0 Å². The fourth-order valence-corrected chi connectivity index (χ4v) is 3.34. The Hall–Kier alpha value is 0.0600. The molecule has 0 radical (unpaired) electrons. The minimum Gasteiger partial charge on any atom is -0.396 e. The molecule has 0 bridgehead atoms. The van der Waals surface area contributed by atoms with Crippen LogP contribution in [0.15, 0.2) is 6.07 Å². The Labute approximate surface area is 118 Å². The van der Waals surface area contributed by atoms with Crippen molar-refractivity contribution in [3.8, 4) is 0 Å². The molecular formula is C10H13Cl2NO2S2. The number of thiophene rings is 1. The van der Waals surface area contributed by atoms with Crippen LogP contribution in [0.1, 0.15) is 16.8 Å². The van der Waals surface area contributed by atoms with Crippen LogP contribution in [0.2, 0.25) is 8.67 Å². The largest absolute Gasteiger partial charge is 0.396 e. The van der Waals surface area contributed by atoms with Gasteiger partial charge in [-0.25, -0.2) is 0 Å². The second kappa shape index (κ2) is 8.21. The number of carbonyl (C=O) groups excluding carboxylic acids is 1. The van der Waals surface area contributed by atoms with E-state index in [9.17, 15) is 4.79 Å². The molecule has 0 saturated carbocycles. The maximum atomic E-state index is 11.7. The molecule has 17 heavy (non-hydrogen) atoms. The van der Waals surface area contributed by atoms with Crippen LogP contribution < -0.4 is 5.32 Å². The molecule has 1 aromatic heterocycles. The van der Waals surface area contributed by atoms with Gasteiger partial charge in [0.2, 0.25) is 0 Å². The molecule has 0 saturated heterocycles. The summed E-state index contributed by atoms with van der Waals surface area (Å²) in [5, 5.41) is 11.4.